The van der Waals surface area contributed by atoms with Gasteiger partial charge < -0.3 is 10.7 Å². The summed E-state index contributed by atoms with van der Waals surface area (Å²) in [6, 6.07) is 0. The molecule has 98 valence electrons. The second-order valence-corrected chi connectivity index (χ2v) is 5.78. The highest BCUT2D eigenvalue weighted by Crippen LogP contribution is 2.17. The Morgan fingerprint density at radius 1 is 1.47 bits per heavy atom. The molecular formula is C10H20N4O2S. The Bertz CT molecular complexity index is 454. The zero-order valence-corrected chi connectivity index (χ0v) is 11.3. The van der Waals surface area contributed by atoms with Crippen molar-refractivity contribution in [2.75, 3.05) is 6.54 Å². The van der Waals surface area contributed by atoms with E-state index in [1.54, 1.807) is 6.92 Å². The second kappa shape index (κ2) is 5.16. The fraction of sp³-hybridized carbons (Fsp3) is 0.700. The number of hydrogen-bond acceptors (Lipinski definition) is 4. The van der Waals surface area contributed by atoms with Crippen LogP contribution in [-0.2, 0) is 10.0 Å². The lowest BCUT2D eigenvalue weighted by Gasteiger charge is -2.30. The lowest BCUT2D eigenvalue weighted by molar-refractivity contribution is 0.362. The molecule has 0 radical (unpaired) electrons. The number of H-pyrrole nitrogens is 1. The van der Waals surface area contributed by atoms with Crippen molar-refractivity contribution in [3.05, 3.63) is 12.0 Å². The molecule has 0 fully saturated rings. The quantitative estimate of drug-likeness (QED) is 0.693. The SMILES string of the molecule is CCC(CC)(CN)NS(=O)(=O)c1cnc(C)[nH]1. The molecule has 6 nitrogen and oxygen atoms in total. The molecule has 0 unspecified atom stereocenters. The van der Waals surface area contributed by atoms with E-state index in [9.17, 15) is 8.42 Å². The van der Waals surface area contributed by atoms with Gasteiger partial charge in [0.05, 0.1) is 6.20 Å². The van der Waals surface area contributed by atoms with Crippen LogP contribution in [0.3, 0.4) is 0 Å². The molecular weight excluding hydrogens is 240 g/mol. The number of imidazole rings is 1. The predicted octanol–water partition coefficient (Wildman–Crippen LogP) is 0.514. The van der Waals surface area contributed by atoms with Gasteiger partial charge in [-0.05, 0) is 19.8 Å². The average molecular weight is 260 g/mol. The lowest BCUT2D eigenvalue weighted by atomic mass is 9.95. The minimum absolute atomic E-state index is 0.0784. The molecule has 1 rings (SSSR count). The van der Waals surface area contributed by atoms with Gasteiger partial charge in [-0.1, -0.05) is 13.8 Å². The van der Waals surface area contributed by atoms with E-state index in [4.69, 9.17) is 5.73 Å². The van der Waals surface area contributed by atoms with E-state index in [0.717, 1.165) is 0 Å². The van der Waals surface area contributed by atoms with Crippen molar-refractivity contribution in [1.82, 2.24) is 14.7 Å². The maximum absolute atomic E-state index is 12.1. The first kappa shape index (κ1) is 14.1. The summed E-state index contributed by atoms with van der Waals surface area (Å²) in [7, 11) is -3.58. The fourth-order valence-corrected chi connectivity index (χ4v) is 3.13. The summed E-state index contributed by atoms with van der Waals surface area (Å²) >= 11 is 0. The van der Waals surface area contributed by atoms with Gasteiger partial charge in [-0.2, -0.15) is 0 Å². The number of rotatable bonds is 6. The molecule has 0 spiro atoms. The molecule has 0 atom stereocenters. The average Bonchev–Trinajstić information content (AvgIpc) is 2.74. The molecule has 1 aromatic heterocycles. The third-order valence-electron chi connectivity index (χ3n) is 3.06. The monoisotopic (exact) mass is 260 g/mol. The van der Waals surface area contributed by atoms with Gasteiger partial charge in [-0.15, -0.1) is 0 Å². The molecule has 7 heteroatoms. The van der Waals surface area contributed by atoms with E-state index in [1.165, 1.54) is 6.20 Å². The summed E-state index contributed by atoms with van der Waals surface area (Å²) in [6.07, 6.45) is 2.60. The number of sulfonamides is 1. The van der Waals surface area contributed by atoms with Crippen molar-refractivity contribution in [3.8, 4) is 0 Å². The largest absolute Gasteiger partial charge is 0.332 e. The van der Waals surface area contributed by atoms with Gasteiger partial charge in [0.25, 0.3) is 10.0 Å². The summed E-state index contributed by atoms with van der Waals surface area (Å²) in [5.41, 5.74) is 5.08. The molecule has 1 aromatic rings. The Hall–Kier alpha value is -0.920. The maximum Gasteiger partial charge on any atom is 0.258 e. The van der Waals surface area contributed by atoms with Crippen LogP contribution in [-0.4, -0.2) is 30.5 Å². The fourth-order valence-electron chi connectivity index (χ4n) is 1.60. The van der Waals surface area contributed by atoms with Crippen molar-refractivity contribution < 1.29 is 8.42 Å². The molecule has 0 aliphatic heterocycles. The van der Waals surface area contributed by atoms with Gasteiger partial charge >= 0.3 is 0 Å². The third-order valence-corrected chi connectivity index (χ3v) is 4.55. The highest BCUT2D eigenvalue weighted by Gasteiger charge is 2.31. The number of nitrogens with zero attached hydrogens (tertiary/aromatic N) is 1. The zero-order valence-electron chi connectivity index (χ0n) is 10.4. The Labute approximate surface area is 102 Å². The Kier molecular flexibility index (Phi) is 4.29. The van der Waals surface area contributed by atoms with E-state index in [2.05, 4.69) is 14.7 Å². The third kappa shape index (κ3) is 3.05. The zero-order chi connectivity index (χ0) is 13.1. The van der Waals surface area contributed by atoms with Crippen molar-refractivity contribution >= 4 is 10.0 Å². The smallest absolute Gasteiger partial charge is 0.258 e. The number of nitrogens with two attached hydrogens (primary N) is 1. The van der Waals surface area contributed by atoms with Crippen molar-refractivity contribution in [3.63, 3.8) is 0 Å². The van der Waals surface area contributed by atoms with Crippen LogP contribution in [0.1, 0.15) is 32.5 Å². The minimum atomic E-state index is -3.58. The first-order chi connectivity index (χ1) is 7.89. The van der Waals surface area contributed by atoms with Crippen LogP contribution in [0.15, 0.2) is 11.2 Å². The topological polar surface area (TPSA) is 101 Å². The second-order valence-electron chi connectivity index (χ2n) is 4.13. The van der Waals surface area contributed by atoms with Gasteiger partial charge in [0.1, 0.15) is 5.82 Å². The van der Waals surface area contributed by atoms with Crippen molar-refractivity contribution in [2.24, 2.45) is 5.73 Å². The van der Waals surface area contributed by atoms with E-state index >= 15 is 0 Å². The van der Waals surface area contributed by atoms with Gasteiger partial charge in [0.15, 0.2) is 5.03 Å². The summed E-state index contributed by atoms with van der Waals surface area (Å²) in [6.45, 7) is 5.80. The molecule has 0 aromatic carbocycles. The molecule has 0 aliphatic rings. The molecule has 0 saturated carbocycles. The number of aryl methyl sites for hydroxylation is 1. The summed E-state index contributed by atoms with van der Waals surface area (Å²) in [4.78, 5) is 6.59. The van der Waals surface area contributed by atoms with Crippen LogP contribution in [0.5, 0.6) is 0 Å². The van der Waals surface area contributed by atoms with Crippen molar-refractivity contribution in [2.45, 2.75) is 44.2 Å². The molecule has 1 heterocycles. The number of aromatic nitrogens is 2. The van der Waals surface area contributed by atoms with Crippen LogP contribution in [0.4, 0.5) is 0 Å². The van der Waals surface area contributed by atoms with Crippen LogP contribution in [0, 0.1) is 6.92 Å². The molecule has 0 aliphatic carbocycles. The van der Waals surface area contributed by atoms with Crippen LogP contribution >= 0.6 is 0 Å². The summed E-state index contributed by atoms with van der Waals surface area (Å²) in [5.74, 6) is 0.566. The Morgan fingerprint density at radius 2 is 2.06 bits per heavy atom. The summed E-state index contributed by atoms with van der Waals surface area (Å²) in [5, 5.41) is 0.0784. The standard InChI is InChI=1S/C10H20N4O2S/c1-4-10(5-2,7-11)14-17(15,16)9-6-12-8(3)13-9/h6,14H,4-5,7,11H2,1-3H3,(H,12,13). The van der Waals surface area contributed by atoms with Gasteiger partial charge in [0, 0.05) is 12.1 Å². The Balaban J connectivity index is 3.00. The van der Waals surface area contributed by atoms with E-state index in [0.29, 0.717) is 18.7 Å². The van der Waals surface area contributed by atoms with E-state index in [-0.39, 0.29) is 11.6 Å². The first-order valence-corrected chi connectivity index (χ1v) is 7.13. The molecule has 0 saturated heterocycles. The van der Waals surface area contributed by atoms with Crippen LogP contribution in [0.25, 0.3) is 0 Å². The molecule has 4 N–H and O–H groups in total. The van der Waals surface area contributed by atoms with Crippen molar-refractivity contribution in [1.29, 1.82) is 0 Å². The molecule has 17 heavy (non-hydrogen) atoms. The Morgan fingerprint density at radius 3 is 2.41 bits per heavy atom. The normalized spacial score (nSPS) is 12.9. The highest BCUT2D eigenvalue weighted by atomic mass is 32.2. The molecule has 0 amide bonds. The number of hydrogen-bond donors (Lipinski definition) is 3. The van der Waals surface area contributed by atoms with Gasteiger partial charge in [0.2, 0.25) is 0 Å². The number of nitrogens with one attached hydrogen (secondary N) is 2. The molecule has 0 bridgehead atoms. The highest BCUT2D eigenvalue weighted by molar-refractivity contribution is 7.89. The van der Waals surface area contributed by atoms with Gasteiger partial charge in [-0.3, -0.25) is 0 Å². The van der Waals surface area contributed by atoms with Crippen LogP contribution in [0.2, 0.25) is 0 Å². The maximum atomic E-state index is 12.1. The summed E-state index contributed by atoms with van der Waals surface area (Å²) < 4.78 is 26.9. The minimum Gasteiger partial charge on any atom is -0.332 e. The van der Waals surface area contributed by atoms with Gasteiger partial charge in [-0.25, -0.2) is 18.1 Å². The van der Waals surface area contributed by atoms with E-state index < -0.39 is 15.6 Å². The first-order valence-electron chi connectivity index (χ1n) is 5.65. The van der Waals surface area contributed by atoms with E-state index in [1.807, 2.05) is 13.8 Å². The van der Waals surface area contributed by atoms with Crippen LogP contribution < -0.4 is 10.5 Å². The number of aromatic amines is 1. The predicted molar refractivity (Wildman–Crippen MR) is 66.0 cm³/mol. The lowest BCUT2D eigenvalue weighted by Crippen LogP contribution is -2.52.